The Morgan fingerprint density at radius 3 is 2.50 bits per heavy atom. The van der Waals surface area contributed by atoms with Gasteiger partial charge in [-0.05, 0) is 25.5 Å². The maximum atomic E-state index is 6.23. The third kappa shape index (κ3) is 3.35. The van der Waals surface area contributed by atoms with Crippen molar-refractivity contribution in [2.45, 2.75) is 32.7 Å². The van der Waals surface area contributed by atoms with Crippen LogP contribution in [0.1, 0.15) is 30.9 Å². The van der Waals surface area contributed by atoms with E-state index in [2.05, 4.69) is 34.6 Å². The molecular formula is C16H20ClN3. The second kappa shape index (κ2) is 7.36. The van der Waals surface area contributed by atoms with Gasteiger partial charge in [0.25, 0.3) is 0 Å². The lowest BCUT2D eigenvalue weighted by Crippen LogP contribution is -2.12. The van der Waals surface area contributed by atoms with Crippen molar-refractivity contribution in [1.29, 1.82) is 0 Å². The van der Waals surface area contributed by atoms with Crippen LogP contribution in [0.4, 0.5) is 0 Å². The highest BCUT2D eigenvalue weighted by molar-refractivity contribution is 6.30. The third-order valence-corrected chi connectivity index (χ3v) is 3.62. The monoisotopic (exact) mass is 289 g/mol. The smallest absolute Gasteiger partial charge is 0.156 e. The van der Waals surface area contributed by atoms with E-state index >= 15 is 0 Å². The fourth-order valence-electron chi connectivity index (χ4n) is 2.29. The van der Waals surface area contributed by atoms with Crippen LogP contribution in [0.25, 0.3) is 11.3 Å². The summed E-state index contributed by atoms with van der Waals surface area (Å²) in [6.45, 7) is 2.91. The van der Waals surface area contributed by atoms with Crippen molar-refractivity contribution >= 4 is 11.6 Å². The Morgan fingerprint density at radius 1 is 1.10 bits per heavy atom. The van der Waals surface area contributed by atoms with Gasteiger partial charge in [-0.15, -0.1) is 10.2 Å². The van der Waals surface area contributed by atoms with Gasteiger partial charge in [0.2, 0.25) is 0 Å². The molecule has 4 heteroatoms. The highest BCUT2D eigenvalue weighted by Gasteiger charge is 2.15. The minimum absolute atomic E-state index is 0.505. The van der Waals surface area contributed by atoms with E-state index in [4.69, 9.17) is 11.6 Å². The average molecular weight is 290 g/mol. The van der Waals surface area contributed by atoms with Gasteiger partial charge in [0.1, 0.15) is 0 Å². The van der Waals surface area contributed by atoms with E-state index in [1.165, 1.54) is 5.56 Å². The summed E-state index contributed by atoms with van der Waals surface area (Å²) in [6, 6.07) is 10.2. The number of nitrogens with zero attached hydrogens (tertiary/aromatic N) is 2. The summed E-state index contributed by atoms with van der Waals surface area (Å²) in [4.78, 5) is 0. The number of hydrogen-bond acceptors (Lipinski definition) is 3. The summed E-state index contributed by atoms with van der Waals surface area (Å²) in [6.07, 6.45) is 3.25. The van der Waals surface area contributed by atoms with Crippen molar-refractivity contribution in [2.24, 2.45) is 0 Å². The minimum Gasteiger partial charge on any atom is -0.316 e. The van der Waals surface area contributed by atoms with Gasteiger partial charge < -0.3 is 5.32 Å². The Labute approximate surface area is 125 Å². The van der Waals surface area contributed by atoms with E-state index < -0.39 is 0 Å². The lowest BCUT2D eigenvalue weighted by molar-refractivity contribution is 0.749. The molecule has 0 unspecified atom stereocenters. The Hall–Kier alpha value is -1.45. The Balaban J connectivity index is 2.52. The predicted molar refractivity (Wildman–Crippen MR) is 83.9 cm³/mol. The number of halogens is 1. The van der Waals surface area contributed by atoms with Crippen LogP contribution in [0, 0.1) is 0 Å². The van der Waals surface area contributed by atoms with Gasteiger partial charge in [0, 0.05) is 17.7 Å². The summed E-state index contributed by atoms with van der Waals surface area (Å²) in [7, 11) is 1.92. The molecule has 1 aromatic heterocycles. The molecule has 0 aliphatic heterocycles. The SMILES string of the molecule is CCCCc1c(-c2ccccc2)nnc(Cl)c1CNC. The minimum atomic E-state index is 0.505. The van der Waals surface area contributed by atoms with Gasteiger partial charge in [-0.2, -0.15) is 0 Å². The fourth-order valence-corrected chi connectivity index (χ4v) is 2.51. The van der Waals surface area contributed by atoms with Crippen LogP contribution in [0.2, 0.25) is 5.15 Å². The highest BCUT2D eigenvalue weighted by Crippen LogP contribution is 2.28. The zero-order valence-corrected chi connectivity index (χ0v) is 12.7. The molecule has 3 nitrogen and oxygen atoms in total. The second-order valence-corrected chi connectivity index (χ2v) is 5.15. The molecule has 0 spiro atoms. The Morgan fingerprint density at radius 2 is 1.85 bits per heavy atom. The molecule has 1 heterocycles. The number of aromatic nitrogens is 2. The zero-order chi connectivity index (χ0) is 14.4. The largest absolute Gasteiger partial charge is 0.316 e. The zero-order valence-electron chi connectivity index (χ0n) is 12.0. The van der Waals surface area contributed by atoms with Crippen molar-refractivity contribution in [2.75, 3.05) is 7.05 Å². The average Bonchev–Trinajstić information content (AvgIpc) is 2.49. The van der Waals surface area contributed by atoms with E-state index in [0.29, 0.717) is 11.7 Å². The Bertz CT molecular complexity index is 555. The van der Waals surface area contributed by atoms with Crippen molar-refractivity contribution in [1.82, 2.24) is 15.5 Å². The van der Waals surface area contributed by atoms with Crippen LogP contribution in [0.15, 0.2) is 30.3 Å². The van der Waals surface area contributed by atoms with E-state index in [9.17, 15) is 0 Å². The predicted octanol–water partition coefficient (Wildman–Crippen LogP) is 3.86. The molecule has 2 rings (SSSR count). The molecule has 0 atom stereocenters. The summed E-state index contributed by atoms with van der Waals surface area (Å²) >= 11 is 6.23. The normalized spacial score (nSPS) is 10.8. The third-order valence-electron chi connectivity index (χ3n) is 3.32. The number of benzene rings is 1. The number of nitrogens with one attached hydrogen (secondary N) is 1. The molecule has 2 aromatic rings. The van der Waals surface area contributed by atoms with E-state index in [1.807, 2.05) is 25.2 Å². The molecule has 0 bridgehead atoms. The highest BCUT2D eigenvalue weighted by atomic mass is 35.5. The maximum absolute atomic E-state index is 6.23. The van der Waals surface area contributed by atoms with Gasteiger partial charge in [0.15, 0.2) is 5.15 Å². The van der Waals surface area contributed by atoms with Gasteiger partial charge in [-0.1, -0.05) is 55.3 Å². The van der Waals surface area contributed by atoms with Crippen molar-refractivity contribution in [3.63, 3.8) is 0 Å². The summed E-state index contributed by atoms with van der Waals surface area (Å²) in [5.41, 5.74) is 4.33. The molecule has 20 heavy (non-hydrogen) atoms. The quantitative estimate of drug-likeness (QED) is 0.877. The molecule has 1 N–H and O–H groups in total. The first-order valence-electron chi connectivity index (χ1n) is 7.01. The number of rotatable bonds is 6. The molecule has 0 saturated heterocycles. The first-order valence-corrected chi connectivity index (χ1v) is 7.39. The molecule has 106 valence electrons. The maximum Gasteiger partial charge on any atom is 0.156 e. The topological polar surface area (TPSA) is 37.8 Å². The Kier molecular flexibility index (Phi) is 5.50. The van der Waals surface area contributed by atoms with Crippen LogP contribution in [0.5, 0.6) is 0 Å². The molecule has 0 fully saturated rings. The first kappa shape index (κ1) is 14.9. The number of hydrogen-bond donors (Lipinski definition) is 1. The van der Waals surface area contributed by atoms with Gasteiger partial charge >= 0.3 is 0 Å². The lowest BCUT2D eigenvalue weighted by atomic mass is 9.97. The molecule has 1 aromatic carbocycles. The van der Waals surface area contributed by atoms with Gasteiger partial charge in [-0.25, -0.2) is 0 Å². The van der Waals surface area contributed by atoms with Crippen LogP contribution in [-0.2, 0) is 13.0 Å². The molecule has 0 amide bonds. The molecule has 0 radical (unpaired) electrons. The standard InChI is InChI=1S/C16H20ClN3/c1-3-4-10-13-14(11-18-2)16(17)20-19-15(13)12-8-6-5-7-9-12/h5-9,18H,3-4,10-11H2,1-2H3. The molecule has 0 saturated carbocycles. The first-order chi connectivity index (χ1) is 9.77. The molecule has 0 aliphatic rings. The van der Waals surface area contributed by atoms with Crippen molar-refractivity contribution < 1.29 is 0 Å². The van der Waals surface area contributed by atoms with E-state index in [-0.39, 0.29) is 0 Å². The van der Waals surface area contributed by atoms with Crippen LogP contribution >= 0.6 is 11.6 Å². The second-order valence-electron chi connectivity index (χ2n) is 4.80. The van der Waals surface area contributed by atoms with Crippen molar-refractivity contribution in [3.05, 3.63) is 46.6 Å². The van der Waals surface area contributed by atoms with Gasteiger partial charge in [-0.3, -0.25) is 0 Å². The fraction of sp³-hybridized carbons (Fsp3) is 0.375. The summed E-state index contributed by atoms with van der Waals surface area (Å²) < 4.78 is 0. The lowest BCUT2D eigenvalue weighted by Gasteiger charge is -2.14. The van der Waals surface area contributed by atoms with E-state index in [0.717, 1.165) is 36.1 Å². The molecular weight excluding hydrogens is 270 g/mol. The van der Waals surface area contributed by atoms with Crippen molar-refractivity contribution in [3.8, 4) is 11.3 Å². The molecule has 0 aliphatic carbocycles. The summed E-state index contributed by atoms with van der Waals surface area (Å²) in [5.74, 6) is 0. The van der Waals surface area contributed by atoms with Crippen LogP contribution < -0.4 is 5.32 Å². The van der Waals surface area contributed by atoms with E-state index in [1.54, 1.807) is 0 Å². The van der Waals surface area contributed by atoms with Crippen LogP contribution in [0.3, 0.4) is 0 Å². The van der Waals surface area contributed by atoms with Gasteiger partial charge in [0.05, 0.1) is 5.69 Å². The summed E-state index contributed by atoms with van der Waals surface area (Å²) in [5, 5.41) is 12.1. The number of unbranched alkanes of at least 4 members (excludes halogenated alkanes) is 1. The van der Waals surface area contributed by atoms with Crippen LogP contribution in [-0.4, -0.2) is 17.2 Å².